The molecule has 0 radical (unpaired) electrons. The normalized spacial score (nSPS) is 11.1. The van der Waals surface area contributed by atoms with Gasteiger partial charge in [-0.1, -0.05) is 37.6 Å². The third kappa shape index (κ3) is 2.67. The molecular formula is C15H20ClN3O. The van der Waals surface area contributed by atoms with Crippen molar-refractivity contribution in [3.05, 3.63) is 40.5 Å². The molecule has 5 heteroatoms. The highest BCUT2D eigenvalue weighted by atomic mass is 35.5. The smallest absolute Gasteiger partial charge is 0.220 e. The number of ether oxygens (including phenoxy) is 1. The molecule has 0 spiro atoms. The Balaban J connectivity index is 2.64. The van der Waals surface area contributed by atoms with Gasteiger partial charge in [-0.05, 0) is 31.0 Å². The molecule has 0 saturated heterocycles. The Bertz CT molecular complexity index is 593. The van der Waals surface area contributed by atoms with Crippen molar-refractivity contribution in [2.24, 2.45) is 5.73 Å². The summed E-state index contributed by atoms with van der Waals surface area (Å²) < 4.78 is 7.32. The maximum absolute atomic E-state index is 6.26. The largest absolute Gasteiger partial charge is 0.481 e. The number of halogens is 1. The molecule has 0 saturated carbocycles. The molecule has 0 aliphatic carbocycles. The van der Waals surface area contributed by atoms with Gasteiger partial charge in [-0.25, -0.2) is 0 Å². The van der Waals surface area contributed by atoms with E-state index in [4.69, 9.17) is 22.1 Å². The number of methoxy groups -OCH3 is 1. The Morgan fingerprint density at radius 3 is 2.60 bits per heavy atom. The molecule has 1 aromatic carbocycles. The van der Waals surface area contributed by atoms with Crippen LogP contribution in [0.2, 0.25) is 5.02 Å². The number of nitrogens with zero attached hydrogens (tertiary/aromatic N) is 2. The van der Waals surface area contributed by atoms with Gasteiger partial charge in [0.05, 0.1) is 23.5 Å². The van der Waals surface area contributed by atoms with Crippen LogP contribution < -0.4 is 10.5 Å². The van der Waals surface area contributed by atoms with Crippen LogP contribution in [0, 0.1) is 0 Å². The van der Waals surface area contributed by atoms with Crippen molar-refractivity contribution in [3.63, 3.8) is 0 Å². The van der Waals surface area contributed by atoms with E-state index < -0.39 is 0 Å². The SMILES string of the molecule is COc1c(CCN)c(C(C)C)nn1-c1ccccc1Cl. The summed E-state index contributed by atoms with van der Waals surface area (Å²) in [6.07, 6.45) is 0.737. The second kappa shape index (κ2) is 6.29. The summed E-state index contributed by atoms with van der Waals surface area (Å²) in [6.45, 7) is 4.78. The van der Waals surface area contributed by atoms with E-state index in [-0.39, 0.29) is 0 Å². The fourth-order valence-corrected chi connectivity index (χ4v) is 2.51. The third-order valence-corrected chi connectivity index (χ3v) is 3.50. The summed E-state index contributed by atoms with van der Waals surface area (Å²) in [5, 5.41) is 5.32. The van der Waals surface area contributed by atoms with E-state index in [0.717, 1.165) is 23.4 Å². The zero-order valence-corrected chi connectivity index (χ0v) is 12.8. The topological polar surface area (TPSA) is 53.1 Å². The van der Waals surface area contributed by atoms with E-state index in [2.05, 4.69) is 18.9 Å². The van der Waals surface area contributed by atoms with Crippen molar-refractivity contribution >= 4 is 11.6 Å². The molecule has 2 aromatic rings. The summed E-state index contributed by atoms with van der Waals surface area (Å²) in [7, 11) is 1.65. The van der Waals surface area contributed by atoms with Crippen molar-refractivity contribution in [1.29, 1.82) is 0 Å². The monoisotopic (exact) mass is 293 g/mol. The molecule has 20 heavy (non-hydrogen) atoms. The van der Waals surface area contributed by atoms with Crippen LogP contribution in [0.3, 0.4) is 0 Å². The van der Waals surface area contributed by atoms with Gasteiger partial charge < -0.3 is 10.5 Å². The first-order valence-corrected chi connectivity index (χ1v) is 7.08. The van der Waals surface area contributed by atoms with Gasteiger partial charge in [0.15, 0.2) is 0 Å². The molecule has 0 amide bonds. The highest BCUT2D eigenvalue weighted by Gasteiger charge is 2.21. The summed E-state index contributed by atoms with van der Waals surface area (Å²) in [6, 6.07) is 7.59. The fraction of sp³-hybridized carbons (Fsp3) is 0.400. The minimum absolute atomic E-state index is 0.300. The molecule has 108 valence electrons. The molecule has 0 aliphatic rings. The number of rotatable bonds is 5. The predicted octanol–water partition coefficient (Wildman–Crippen LogP) is 3.16. The molecule has 2 N–H and O–H groups in total. The average Bonchev–Trinajstić information content (AvgIpc) is 2.78. The summed E-state index contributed by atoms with van der Waals surface area (Å²) in [5.41, 5.74) is 8.60. The molecule has 0 aliphatic heterocycles. The van der Waals surface area contributed by atoms with Crippen LogP contribution in [0.1, 0.15) is 31.0 Å². The van der Waals surface area contributed by atoms with Crippen LogP contribution in [0.5, 0.6) is 5.88 Å². The van der Waals surface area contributed by atoms with Crippen LogP contribution in [0.25, 0.3) is 5.69 Å². The standard InChI is InChI=1S/C15H20ClN3O/c1-10(2)14-11(8-9-17)15(20-3)19(18-14)13-7-5-4-6-12(13)16/h4-7,10H,8-9,17H2,1-3H3. The first-order valence-electron chi connectivity index (χ1n) is 6.70. The van der Waals surface area contributed by atoms with Gasteiger partial charge in [-0.15, -0.1) is 0 Å². The van der Waals surface area contributed by atoms with Gasteiger partial charge in [0.25, 0.3) is 0 Å². The van der Waals surface area contributed by atoms with E-state index in [0.29, 0.717) is 23.4 Å². The Kier molecular flexibility index (Phi) is 4.68. The Labute approximate surface area is 124 Å². The van der Waals surface area contributed by atoms with Crippen LogP contribution in [0.4, 0.5) is 0 Å². The van der Waals surface area contributed by atoms with E-state index in [1.807, 2.05) is 24.3 Å². The van der Waals surface area contributed by atoms with Gasteiger partial charge in [-0.2, -0.15) is 9.78 Å². The molecule has 2 rings (SSSR count). The van der Waals surface area contributed by atoms with Crippen molar-refractivity contribution in [2.75, 3.05) is 13.7 Å². The van der Waals surface area contributed by atoms with Crippen molar-refractivity contribution in [3.8, 4) is 11.6 Å². The Hall–Kier alpha value is -1.52. The van der Waals surface area contributed by atoms with E-state index in [9.17, 15) is 0 Å². The lowest BCUT2D eigenvalue weighted by molar-refractivity contribution is 0.379. The van der Waals surface area contributed by atoms with Crippen molar-refractivity contribution in [2.45, 2.75) is 26.2 Å². The van der Waals surface area contributed by atoms with Crippen LogP contribution >= 0.6 is 11.6 Å². The highest BCUT2D eigenvalue weighted by molar-refractivity contribution is 6.32. The number of benzene rings is 1. The zero-order valence-electron chi connectivity index (χ0n) is 12.1. The minimum Gasteiger partial charge on any atom is -0.481 e. The molecular weight excluding hydrogens is 274 g/mol. The Morgan fingerprint density at radius 1 is 1.35 bits per heavy atom. The number of hydrogen-bond donors (Lipinski definition) is 1. The van der Waals surface area contributed by atoms with Crippen LogP contribution in [-0.2, 0) is 6.42 Å². The van der Waals surface area contributed by atoms with Gasteiger partial charge in [0, 0.05) is 5.56 Å². The molecule has 1 aromatic heterocycles. The van der Waals surface area contributed by atoms with E-state index in [1.54, 1.807) is 11.8 Å². The predicted molar refractivity (Wildman–Crippen MR) is 82.0 cm³/mol. The number of hydrogen-bond acceptors (Lipinski definition) is 3. The number of para-hydroxylation sites is 1. The molecule has 1 heterocycles. The third-order valence-electron chi connectivity index (χ3n) is 3.18. The number of aromatic nitrogens is 2. The molecule has 0 unspecified atom stereocenters. The van der Waals surface area contributed by atoms with Crippen LogP contribution in [-0.4, -0.2) is 23.4 Å². The summed E-state index contributed by atoms with van der Waals surface area (Å²) >= 11 is 6.26. The van der Waals surface area contributed by atoms with Crippen molar-refractivity contribution < 1.29 is 4.74 Å². The molecule has 0 atom stereocenters. The summed E-state index contributed by atoms with van der Waals surface area (Å²) in [4.78, 5) is 0. The zero-order chi connectivity index (χ0) is 14.7. The number of nitrogens with two attached hydrogens (primary N) is 1. The van der Waals surface area contributed by atoms with Gasteiger partial charge in [0.1, 0.15) is 0 Å². The van der Waals surface area contributed by atoms with Gasteiger partial charge in [-0.3, -0.25) is 0 Å². The lowest BCUT2D eigenvalue weighted by atomic mass is 10.0. The summed E-state index contributed by atoms with van der Waals surface area (Å²) in [5.74, 6) is 1.02. The Morgan fingerprint density at radius 2 is 2.05 bits per heavy atom. The van der Waals surface area contributed by atoms with E-state index >= 15 is 0 Å². The fourth-order valence-electron chi connectivity index (χ4n) is 2.29. The molecule has 4 nitrogen and oxygen atoms in total. The van der Waals surface area contributed by atoms with Gasteiger partial charge >= 0.3 is 0 Å². The molecule has 0 bridgehead atoms. The van der Waals surface area contributed by atoms with Crippen molar-refractivity contribution in [1.82, 2.24) is 9.78 Å². The lowest BCUT2D eigenvalue weighted by Crippen LogP contribution is -2.06. The average molecular weight is 294 g/mol. The minimum atomic E-state index is 0.300. The first kappa shape index (κ1) is 14.9. The molecule has 0 fully saturated rings. The first-order chi connectivity index (χ1) is 9.60. The van der Waals surface area contributed by atoms with Gasteiger partial charge in [0.2, 0.25) is 5.88 Å². The van der Waals surface area contributed by atoms with Crippen LogP contribution in [0.15, 0.2) is 24.3 Å². The quantitative estimate of drug-likeness (QED) is 0.921. The second-order valence-electron chi connectivity index (χ2n) is 4.93. The highest BCUT2D eigenvalue weighted by Crippen LogP contribution is 2.32. The second-order valence-corrected chi connectivity index (χ2v) is 5.34. The lowest BCUT2D eigenvalue weighted by Gasteiger charge is -2.09. The van der Waals surface area contributed by atoms with E-state index in [1.165, 1.54) is 0 Å². The maximum Gasteiger partial charge on any atom is 0.220 e. The maximum atomic E-state index is 6.26.